The molecule has 2 atom stereocenters. The van der Waals surface area contributed by atoms with Gasteiger partial charge in [-0.05, 0) is 0 Å². The van der Waals surface area contributed by atoms with Gasteiger partial charge in [0.2, 0.25) is 0 Å². The minimum atomic E-state index is -5.02. The molecule has 0 aromatic carbocycles. The Labute approximate surface area is 160 Å². The van der Waals surface area contributed by atoms with E-state index < -0.39 is 44.1 Å². The minimum Gasteiger partial charge on any atom is 0.316 e. The van der Waals surface area contributed by atoms with Crippen molar-refractivity contribution in [1.29, 1.82) is 0 Å². The average Bonchev–Trinajstić information content (AvgIpc) is 2.42. The van der Waals surface area contributed by atoms with Crippen molar-refractivity contribution in [1.82, 2.24) is 0 Å². The van der Waals surface area contributed by atoms with Crippen LogP contribution in [0.15, 0.2) is 11.5 Å². The maximum atomic E-state index is 11.0. The molecule has 0 amide bonds. The third-order valence-electron chi connectivity index (χ3n) is 1.67. The SMILES string of the molecule is O=C1O[C@H]([C@@H](O)CO)C(O)=C1OP(=O)(O)O.[KH].[MgH2]. The number of aliphatic hydroxyl groups is 3. The van der Waals surface area contributed by atoms with Gasteiger partial charge in [-0.1, -0.05) is 0 Å². The monoisotopic (exact) mass is 322 g/mol. The van der Waals surface area contributed by atoms with Crippen molar-refractivity contribution in [2.45, 2.75) is 12.2 Å². The van der Waals surface area contributed by atoms with Crippen LogP contribution in [0.5, 0.6) is 0 Å². The summed E-state index contributed by atoms with van der Waals surface area (Å²) in [5.74, 6) is -3.39. The summed E-state index contributed by atoms with van der Waals surface area (Å²) in [5.41, 5.74) is 0. The van der Waals surface area contributed by atoms with Crippen LogP contribution < -0.4 is 0 Å². The third kappa shape index (κ3) is 5.73. The fraction of sp³-hybridized carbons (Fsp3) is 0.500. The zero-order chi connectivity index (χ0) is 12.5. The van der Waals surface area contributed by atoms with Crippen LogP contribution >= 0.6 is 7.82 Å². The molecule has 0 saturated carbocycles. The van der Waals surface area contributed by atoms with E-state index in [2.05, 4.69) is 9.26 Å². The van der Waals surface area contributed by atoms with E-state index in [0.29, 0.717) is 0 Å². The molecule has 1 heterocycles. The molecule has 0 unspecified atom stereocenters. The Morgan fingerprint density at radius 2 is 1.94 bits per heavy atom. The first-order valence-electron chi connectivity index (χ1n) is 3.94. The zero-order valence-corrected chi connectivity index (χ0v) is 8.57. The number of phosphoric ester groups is 1. The second-order valence-corrected chi connectivity index (χ2v) is 4.04. The Kier molecular flexibility index (Phi) is 10.2. The molecule has 0 aromatic heterocycles. The van der Waals surface area contributed by atoms with Crippen molar-refractivity contribution < 1.29 is 43.7 Å². The van der Waals surface area contributed by atoms with E-state index in [1.54, 1.807) is 0 Å². The maximum Gasteiger partial charge on any atom is 0.316 e. The zero-order valence-electron chi connectivity index (χ0n) is 7.68. The molecule has 5 N–H and O–H groups in total. The van der Waals surface area contributed by atoms with Crippen LogP contribution in [0.25, 0.3) is 0 Å². The molecular formula is C6H12KMgO9P. The summed E-state index contributed by atoms with van der Waals surface area (Å²) in [6.07, 6.45) is -3.21. The van der Waals surface area contributed by atoms with Gasteiger partial charge in [-0.2, -0.15) is 0 Å². The van der Waals surface area contributed by atoms with Crippen molar-refractivity contribution in [3.63, 3.8) is 0 Å². The summed E-state index contributed by atoms with van der Waals surface area (Å²) in [6, 6.07) is 0. The molecule has 0 fully saturated rings. The Bertz CT molecular complexity index is 379. The fourth-order valence-corrected chi connectivity index (χ4v) is 1.42. The predicted octanol–water partition coefficient (Wildman–Crippen LogP) is -3.42. The second kappa shape index (κ2) is 8.54. The molecule has 1 rings (SSSR count). The summed E-state index contributed by atoms with van der Waals surface area (Å²) in [6.45, 7) is -0.814. The van der Waals surface area contributed by atoms with Crippen LogP contribution in [0, 0.1) is 0 Å². The fourth-order valence-electron chi connectivity index (χ4n) is 1.02. The molecule has 0 bridgehead atoms. The van der Waals surface area contributed by atoms with Crippen molar-refractivity contribution in [3.05, 3.63) is 11.5 Å². The van der Waals surface area contributed by atoms with E-state index in [4.69, 9.17) is 20.0 Å². The van der Waals surface area contributed by atoms with Crippen molar-refractivity contribution in [3.8, 4) is 0 Å². The molecule has 18 heavy (non-hydrogen) atoms. The summed E-state index contributed by atoms with van der Waals surface area (Å²) in [4.78, 5) is 27.8. The molecule has 9 nitrogen and oxygen atoms in total. The van der Waals surface area contributed by atoms with E-state index in [1.807, 2.05) is 0 Å². The van der Waals surface area contributed by atoms with Gasteiger partial charge in [0.15, 0.2) is 11.9 Å². The molecule has 0 aromatic rings. The minimum absolute atomic E-state index is 0. The number of carbonyl (C=O) groups is 1. The predicted molar refractivity (Wildman–Crippen MR) is 61.4 cm³/mol. The van der Waals surface area contributed by atoms with E-state index in [-0.39, 0.29) is 74.4 Å². The first-order valence-corrected chi connectivity index (χ1v) is 5.47. The van der Waals surface area contributed by atoms with Gasteiger partial charge in [0.05, 0.1) is 6.61 Å². The van der Waals surface area contributed by atoms with E-state index in [9.17, 15) is 14.5 Å². The molecule has 1 aliphatic rings. The molecule has 0 radical (unpaired) electrons. The number of hydrogen-bond donors (Lipinski definition) is 5. The van der Waals surface area contributed by atoms with Crippen LogP contribution in [0.4, 0.5) is 0 Å². The van der Waals surface area contributed by atoms with Crippen LogP contribution in [0.1, 0.15) is 0 Å². The number of rotatable bonds is 4. The average molecular weight is 323 g/mol. The maximum absolute atomic E-state index is 11.0. The standard InChI is InChI=1S/C6H9O9P.K.Mg.3H/c7-1-2(8)4-3(9)5(6(10)14-4)15-16(11,12)13;;;;;/h2,4,7-9H,1H2,(H2,11,12,13);;;;;/t2-,4+;;;;;/m0...../s1. The van der Waals surface area contributed by atoms with Crippen molar-refractivity contribution >= 4 is 88.2 Å². The van der Waals surface area contributed by atoms with Crippen molar-refractivity contribution in [2.75, 3.05) is 6.61 Å². The summed E-state index contributed by atoms with van der Waals surface area (Å²) in [7, 11) is -5.02. The Balaban J connectivity index is 0. The van der Waals surface area contributed by atoms with Crippen LogP contribution in [0.2, 0.25) is 0 Å². The van der Waals surface area contributed by atoms with Gasteiger partial charge < -0.3 is 24.6 Å². The molecule has 98 valence electrons. The molecule has 0 saturated heterocycles. The number of ether oxygens (including phenoxy) is 1. The summed E-state index contributed by atoms with van der Waals surface area (Å²) < 4.78 is 18.7. The first-order chi connectivity index (χ1) is 7.26. The van der Waals surface area contributed by atoms with Gasteiger partial charge in [0, 0.05) is 0 Å². The number of hydrogen-bond acceptors (Lipinski definition) is 7. The Morgan fingerprint density at radius 1 is 1.44 bits per heavy atom. The normalized spacial score (nSPS) is 20.7. The first kappa shape index (κ1) is 21.6. The molecule has 12 heteroatoms. The number of esters is 1. The van der Waals surface area contributed by atoms with Gasteiger partial charge in [0.25, 0.3) is 5.76 Å². The van der Waals surface area contributed by atoms with Gasteiger partial charge in [-0.3, -0.25) is 9.79 Å². The summed E-state index contributed by atoms with van der Waals surface area (Å²) >= 11 is 0. The third-order valence-corrected chi connectivity index (χ3v) is 2.09. The van der Waals surface area contributed by atoms with E-state index in [0.717, 1.165) is 0 Å². The van der Waals surface area contributed by atoms with Crippen LogP contribution in [-0.4, -0.2) is 124 Å². The van der Waals surface area contributed by atoms with Gasteiger partial charge in [-0.15, -0.1) is 0 Å². The summed E-state index contributed by atoms with van der Waals surface area (Å²) in [5, 5.41) is 26.9. The number of carbonyl (C=O) groups excluding carboxylic acids is 1. The van der Waals surface area contributed by atoms with E-state index in [1.165, 1.54) is 0 Å². The number of aliphatic hydroxyl groups excluding tert-OH is 3. The smallest absolute Gasteiger partial charge is 0.316 e. The van der Waals surface area contributed by atoms with Crippen LogP contribution in [0.3, 0.4) is 0 Å². The largest absolute Gasteiger partial charge is 0.316 e. The molecular weight excluding hydrogens is 310 g/mol. The molecule has 0 aliphatic carbocycles. The molecule has 1 aliphatic heterocycles. The van der Waals surface area contributed by atoms with Crippen LogP contribution in [-0.2, 0) is 18.6 Å². The number of phosphoric acid groups is 1. The van der Waals surface area contributed by atoms with Crippen molar-refractivity contribution in [2.24, 2.45) is 0 Å². The van der Waals surface area contributed by atoms with Gasteiger partial charge in [0.1, 0.15) is 6.10 Å². The van der Waals surface area contributed by atoms with E-state index >= 15 is 0 Å². The second-order valence-electron chi connectivity index (χ2n) is 2.87. The van der Waals surface area contributed by atoms with Gasteiger partial charge >= 0.3 is 88.2 Å². The Hall–Kier alpha value is 1.28. The Morgan fingerprint density at radius 3 is 2.33 bits per heavy atom. The quantitative estimate of drug-likeness (QED) is 0.202. The number of cyclic esters (lactones) is 1. The van der Waals surface area contributed by atoms with Gasteiger partial charge in [-0.25, -0.2) is 9.36 Å². The topological polar surface area (TPSA) is 154 Å². The molecule has 0 spiro atoms.